The molecule has 8 heteroatoms. The number of ether oxygens (including phenoxy) is 1. The molecule has 1 aromatic carbocycles. The van der Waals surface area contributed by atoms with E-state index in [1.54, 1.807) is 6.07 Å². The third kappa shape index (κ3) is 4.25. The average Bonchev–Trinajstić information content (AvgIpc) is 2.97. The number of primary amides is 1. The number of alkyl halides is 3. The Hall–Kier alpha value is -2.09. The molecule has 1 fully saturated rings. The third-order valence-corrected chi connectivity index (χ3v) is 4.09. The van der Waals surface area contributed by atoms with Gasteiger partial charge in [0.05, 0.1) is 0 Å². The fourth-order valence-electron chi connectivity index (χ4n) is 2.88. The van der Waals surface area contributed by atoms with Gasteiger partial charge in [-0.2, -0.15) is 13.2 Å². The van der Waals surface area contributed by atoms with E-state index in [1.807, 2.05) is 0 Å². The molecular weight excluding hydrogens is 325 g/mol. The summed E-state index contributed by atoms with van der Waals surface area (Å²) in [7, 11) is 0. The number of halogens is 3. The summed E-state index contributed by atoms with van der Waals surface area (Å²) in [5.41, 5.74) is 4.05. The predicted octanol–water partition coefficient (Wildman–Crippen LogP) is 2.22. The van der Waals surface area contributed by atoms with E-state index in [9.17, 15) is 22.8 Å². The molecule has 1 atom stereocenters. The first kappa shape index (κ1) is 18.3. The molecule has 5 nitrogen and oxygen atoms in total. The fourth-order valence-corrected chi connectivity index (χ4v) is 2.88. The Kier molecular flexibility index (Phi) is 5.48. The van der Waals surface area contributed by atoms with E-state index >= 15 is 0 Å². The van der Waals surface area contributed by atoms with Crippen LogP contribution in [-0.4, -0.2) is 30.1 Å². The maximum Gasteiger partial charge on any atom is 0.418 e. The minimum atomic E-state index is -4.66. The average molecular weight is 344 g/mol. The lowest BCUT2D eigenvalue weighted by atomic mass is 9.97. The molecule has 2 rings (SSSR count). The van der Waals surface area contributed by atoms with Crippen molar-refractivity contribution in [2.75, 3.05) is 6.61 Å². The molecule has 3 N–H and O–H groups in total. The molecule has 1 aliphatic carbocycles. The van der Waals surface area contributed by atoms with Crippen LogP contribution in [0.5, 0.6) is 0 Å². The summed E-state index contributed by atoms with van der Waals surface area (Å²) in [5.74, 6) is -1.47. The van der Waals surface area contributed by atoms with E-state index < -0.39 is 36.2 Å². The lowest BCUT2D eigenvalue weighted by molar-refractivity contribution is -0.223. The minimum absolute atomic E-state index is 0.0942. The highest BCUT2D eigenvalue weighted by molar-refractivity contribution is 5.91. The first-order valence-electron chi connectivity index (χ1n) is 7.59. The van der Waals surface area contributed by atoms with Gasteiger partial charge in [-0.15, -0.1) is 0 Å². The quantitative estimate of drug-likeness (QED) is 0.830. The number of carbonyl (C=O) groups excluding carboxylic acids is 2. The highest BCUT2D eigenvalue weighted by Gasteiger charge is 2.44. The summed E-state index contributed by atoms with van der Waals surface area (Å²) in [6.45, 7) is -0.811. The van der Waals surface area contributed by atoms with Gasteiger partial charge in [-0.3, -0.25) is 9.59 Å². The second-order valence-electron chi connectivity index (χ2n) is 5.84. The summed E-state index contributed by atoms with van der Waals surface area (Å²) in [5, 5.41) is 2.44. The molecule has 24 heavy (non-hydrogen) atoms. The molecule has 132 valence electrons. The molecule has 0 radical (unpaired) electrons. The zero-order valence-electron chi connectivity index (χ0n) is 12.9. The normalized spacial score (nSPS) is 18.1. The van der Waals surface area contributed by atoms with Crippen LogP contribution >= 0.6 is 0 Å². The van der Waals surface area contributed by atoms with Gasteiger partial charge in [0.1, 0.15) is 12.1 Å². The highest BCUT2D eigenvalue weighted by Crippen LogP contribution is 2.35. The van der Waals surface area contributed by atoms with Gasteiger partial charge < -0.3 is 15.8 Å². The van der Waals surface area contributed by atoms with Crippen molar-refractivity contribution in [2.45, 2.75) is 43.5 Å². The Morgan fingerprint density at radius 1 is 1.21 bits per heavy atom. The second kappa shape index (κ2) is 7.21. The molecule has 0 bridgehead atoms. The van der Waals surface area contributed by atoms with Gasteiger partial charge in [-0.05, 0) is 18.4 Å². The van der Waals surface area contributed by atoms with Gasteiger partial charge in [0, 0.05) is 0 Å². The van der Waals surface area contributed by atoms with Crippen LogP contribution in [0.25, 0.3) is 0 Å². The zero-order valence-corrected chi connectivity index (χ0v) is 12.9. The maximum absolute atomic E-state index is 13.1. The number of benzene rings is 1. The molecular formula is C16H19F3N2O3. The first-order chi connectivity index (χ1) is 11.2. The molecule has 0 aliphatic heterocycles. The molecule has 2 amide bonds. The van der Waals surface area contributed by atoms with Crippen LogP contribution in [0.15, 0.2) is 30.3 Å². The monoisotopic (exact) mass is 344 g/mol. The Morgan fingerprint density at radius 2 is 1.79 bits per heavy atom. The summed E-state index contributed by atoms with van der Waals surface area (Å²) < 4.78 is 44.2. The van der Waals surface area contributed by atoms with E-state index in [1.165, 1.54) is 24.3 Å². The number of carbonyl (C=O) groups is 2. The fraction of sp³-hybridized carbons (Fsp3) is 0.500. The van der Waals surface area contributed by atoms with Crippen molar-refractivity contribution in [3.63, 3.8) is 0 Å². The topological polar surface area (TPSA) is 81.4 Å². The summed E-state index contributed by atoms with van der Waals surface area (Å²) >= 11 is 0. The standard InChI is InChI=1S/C16H19F3N2O3/c17-16(18,19)13(11-6-2-1-3-7-11)24-10-12(22)21-15(14(20)23)8-4-5-9-15/h1-3,6-7,13H,4-5,8-10H2,(H2,20,23)(H,21,22)/t13-/m0/s1. The van der Waals surface area contributed by atoms with Gasteiger partial charge in [0.25, 0.3) is 0 Å². The number of nitrogens with two attached hydrogens (primary N) is 1. The van der Waals surface area contributed by atoms with E-state index in [4.69, 9.17) is 10.5 Å². The molecule has 0 heterocycles. The second-order valence-corrected chi connectivity index (χ2v) is 5.84. The van der Waals surface area contributed by atoms with E-state index in [2.05, 4.69) is 5.32 Å². The zero-order chi connectivity index (χ0) is 17.8. The van der Waals surface area contributed by atoms with Crippen molar-refractivity contribution in [1.82, 2.24) is 5.32 Å². The van der Waals surface area contributed by atoms with Gasteiger partial charge in [0.2, 0.25) is 11.8 Å². The lowest BCUT2D eigenvalue weighted by Crippen LogP contribution is -2.56. The highest BCUT2D eigenvalue weighted by atomic mass is 19.4. The molecule has 0 aromatic heterocycles. The van der Waals surface area contributed by atoms with Crippen LogP contribution in [0.4, 0.5) is 13.2 Å². The Labute approximate surface area is 137 Å². The van der Waals surface area contributed by atoms with Gasteiger partial charge in [-0.25, -0.2) is 0 Å². The van der Waals surface area contributed by atoms with Gasteiger partial charge >= 0.3 is 6.18 Å². The van der Waals surface area contributed by atoms with Crippen LogP contribution in [0.1, 0.15) is 37.4 Å². The molecule has 1 saturated carbocycles. The molecule has 1 aromatic rings. The predicted molar refractivity (Wildman–Crippen MR) is 79.7 cm³/mol. The SMILES string of the molecule is NC(=O)C1(NC(=O)CO[C@@H](c2ccccc2)C(F)(F)F)CCCC1. The van der Waals surface area contributed by atoms with Crippen LogP contribution in [0.3, 0.4) is 0 Å². The number of hydrogen-bond acceptors (Lipinski definition) is 3. The lowest BCUT2D eigenvalue weighted by Gasteiger charge is -2.27. The van der Waals surface area contributed by atoms with Crippen molar-refractivity contribution in [1.29, 1.82) is 0 Å². The number of amides is 2. The van der Waals surface area contributed by atoms with Crippen molar-refractivity contribution in [3.8, 4) is 0 Å². The molecule has 0 saturated heterocycles. The summed E-state index contributed by atoms with van der Waals surface area (Å²) in [6, 6.07) is 7.05. The van der Waals surface area contributed by atoms with Gasteiger partial charge in [0.15, 0.2) is 6.10 Å². The summed E-state index contributed by atoms with van der Waals surface area (Å²) in [6.07, 6.45) is -4.66. The van der Waals surface area contributed by atoms with Crippen molar-refractivity contribution >= 4 is 11.8 Å². The first-order valence-corrected chi connectivity index (χ1v) is 7.59. The maximum atomic E-state index is 13.1. The molecule has 0 unspecified atom stereocenters. The number of hydrogen-bond donors (Lipinski definition) is 2. The van der Waals surface area contributed by atoms with Crippen molar-refractivity contribution in [3.05, 3.63) is 35.9 Å². The largest absolute Gasteiger partial charge is 0.418 e. The smallest absolute Gasteiger partial charge is 0.368 e. The molecule has 0 spiro atoms. The van der Waals surface area contributed by atoms with Crippen LogP contribution < -0.4 is 11.1 Å². The summed E-state index contributed by atoms with van der Waals surface area (Å²) in [4.78, 5) is 23.5. The van der Waals surface area contributed by atoms with E-state index in [0.29, 0.717) is 12.8 Å². The van der Waals surface area contributed by atoms with Crippen LogP contribution in [-0.2, 0) is 14.3 Å². The van der Waals surface area contributed by atoms with Crippen LogP contribution in [0, 0.1) is 0 Å². The van der Waals surface area contributed by atoms with Crippen LogP contribution in [0.2, 0.25) is 0 Å². The van der Waals surface area contributed by atoms with E-state index in [-0.39, 0.29) is 5.56 Å². The van der Waals surface area contributed by atoms with Crippen molar-refractivity contribution < 1.29 is 27.5 Å². The third-order valence-electron chi connectivity index (χ3n) is 4.09. The number of nitrogens with one attached hydrogen (secondary N) is 1. The minimum Gasteiger partial charge on any atom is -0.368 e. The Balaban J connectivity index is 2.01. The van der Waals surface area contributed by atoms with E-state index in [0.717, 1.165) is 12.8 Å². The molecule has 1 aliphatic rings. The Morgan fingerprint density at radius 3 is 2.29 bits per heavy atom. The van der Waals surface area contributed by atoms with Crippen molar-refractivity contribution in [2.24, 2.45) is 5.73 Å². The Bertz CT molecular complexity index is 584. The number of rotatable bonds is 6. The van der Waals surface area contributed by atoms with Gasteiger partial charge in [-0.1, -0.05) is 43.2 Å².